The molecule has 2 aromatic rings. The number of urea groups is 1. The second-order valence-corrected chi connectivity index (χ2v) is 5.56. The van der Waals surface area contributed by atoms with Gasteiger partial charge in [0.05, 0.1) is 12.6 Å². The van der Waals surface area contributed by atoms with E-state index < -0.39 is 0 Å². The highest BCUT2D eigenvalue weighted by Gasteiger charge is 2.15. The van der Waals surface area contributed by atoms with Crippen molar-refractivity contribution in [3.05, 3.63) is 54.0 Å². The highest BCUT2D eigenvalue weighted by atomic mass is 16.5. The lowest BCUT2D eigenvalue weighted by Crippen LogP contribution is -2.39. The summed E-state index contributed by atoms with van der Waals surface area (Å²) in [6.45, 7) is 5.00. The molecule has 0 saturated carbocycles. The van der Waals surface area contributed by atoms with Gasteiger partial charge in [-0.15, -0.1) is 0 Å². The molecule has 0 bridgehead atoms. The number of furan rings is 1. The van der Waals surface area contributed by atoms with Crippen LogP contribution >= 0.6 is 0 Å². The van der Waals surface area contributed by atoms with Crippen LogP contribution < -0.4 is 10.1 Å². The fourth-order valence-electron chi connectivity index (χ4n) is 2.16. The summed E-state index contributed by atoms with van der Waals surface area (Å²) in [5.74, 6) is 2.45. The highest BCUT2D eigenvalue weighted by molar-refractivity contribution is 5.74. The number of nitrogens with zero attached hydrogens (tertiary/aromatic N) is 1. The Labute approximate surface area is 137 Å². The summed E-state index contributed by atoms with van der Waals surface area (Å²) in [6.07, 6.45) is 0.771. The van der Waals surface area contributed by atoms with Crippen LogP contribution in [-0.4, -0.2) is 31.1 Å². The van der Waals surface area contributed by atoms with Crippen LogP contribution in [0, 0.1) is 6.92 Å². The second-order valence-electron chi connectivity index (χ2n) is 5.56. The third kappa shape index (κ3) is 5.36. The van der Waals surface area contributed by atoms with Gasteiger partial charge < -0.3 is 19.4 Å². The summed E-state index contributed by atoms with van der Waals surface area (Å²) in [4.78, 5) is 13.8. The van der Waals surface area contributed by atoms with Crippen LogP contribution in [0.25, 0.3) is 0 Å². The van der Waals surface area contributed by atoms with Gasteiger partial charge in [-0.2, -0.15) is 0 Å². The van der Waals surface area contributed by atoms with Gasteiger partial charge in [-0.25, -0.2) is 4.79 Å². The molecule has 0 fully saturated rings. The number of nitrogens with one attached hydrogen (secondary N) is 1. The van der Waals surface area contributed by atoms with Gasteiger partial charge in [0, 0.05) is 13.6 Å². The van der Waals surface area contributed by atoms with E-state index in [1.165, 1.54) is 0 Å². The lowest BCUT2D eigenvalue weighted by Gasteiger charge is -2.20. The quantitative estimate of drug-likeness (QED) is 0.791. The standard InChI is InChI=1S/C18H24N2O3/c1-14-10-11-17(23-14)15(2)19-18(21)20(3)12-7-13-22-16-8-5-4-6-9-16/h4-6,8-11,15H,7,12-13H2,1-3H3,(H,19,21). The van der Waals surface area contributed by atoms with E-state index in [0.717, 1.165) is 23.7 Å². The molecule has 0 aliphatic carbocycles. The maximum atomic E-state index is 12.1. The number of para-hydroxylation sites is 1. The van der Waals surface area contributed by atoms with Crippen molar-refractivity contribution in [2.24, 2.45) is 0 Å². The number of carbonyl (C=O) groups is 1. The van der Waals surface area contributed by atoms with Crippen LogP contribution in [0.15, 0.2) is 46.9 Å². The van der Waals surface area contributed by atoms with E-state index in [-0.39, 0.29) is 12.1 Å². The molecular weight excluding hydrogens is 292 g/mol. The van der Waals surface area contributed by atoms with E-state index in [1.54, 1.807) is 11.9 Å². The van der Waals surface area contributed by atoms with Gasteiger partial charge in [-0.05, 0) is 44.5 Å². The second kappa shape index (κ2) is 8.27. The predicted molar refractivity (Wildman–Crippen MR) is 89.6 cm³/mol. The average Bonchev–Trinajstić information content (AvgIpc) is 2.99. The van der Waals surface area contributed by atoms with E-state index in [9.17, 15) is 4.79 Å². The monoisotopic (exact) mass is 316 g/mol. The number of hydrogen-bond donors (Lipinski definition) is 1. The molecule has 1 heterocycles. The van der Waals surface area contributed by atoms with Gasteiger partial charge in [-0.3, -0.25) is 0 Å². The first-order valence-corrected chi connectivity index (χ1v) is 7.82. The molecule has 0 saturated heterocycles. The summed E-state index contributed by atoms with van der Waals surface area (Å²) in [6, 6.07) is 13.2. The molecule has 1 aromatic carbocycles. The number of ether oxygens (including phenoxy) is 1. The Morgan fingerprint density at radius 2 is 2.00 bits per heavy atom. The predicted octanol–water partition coefficient (Wildman–Crippen LogP) is 3.76. The average molecular weight is 316 g/mol. The molecule has 0 spiro atoms. The van der Waals surface area contributed by atoms with E-state index in [4.69, 9.17) is 9.15 Å². The van der Waals surface area contributed by atoms with Crippen LogP contribution in [0.3, 0.4) is 0 Å². The topological polar surface area (TPSA) is 54.7 Å². The molecule has 1 aromatic heterocycles. The van der Waals surface area contributed by atoms with Gasteiger partial charge in [0.25, 0.3) is 0 Å². The maximum absolute atomic E-state index is 12.1. The Morgan fingerprint density at radius 1 is 1.26 bits per heavy atom. The minimum atomic E-state index is -0.154. The first kappa shape index (κ1) is 16.9. The molecule has 2 rings (SSSR count). The SMILES string of the molecule is Cc1ccc(C(C)NC(=O)N(C)CCCOc2ccccc2)o1. The van der Waals surface area contributed by atoms with Crippen molar-refractivity contribution in [3.8, 4) is 5.75 Å². The number of rotatable bonds is 7. The van der Waals surface area contributed by atoms with Crippen LogP contribution in [-0.2, 0) is 0 Å². The molecule has 1 unspecified atom stereocenters. The number of carbonyl (C=O) groups excluding carboxylic acids is 1. The molecule has 5 heteroatoms. The van der Waals surface area contributed by atoms with Crippen molar-refractivity contribution in [2.45, 2.75) is 26.3 Å². The van der Waals surface area contributed by atoms with E-state index in [2.05, 4.69) is 5.32 Å². The zero-order valence-corrected chi connectivity index (χ0v) is 13.9. The summed E-state index contributed by atoms with van der Waals surface area (Å²) in [7, 11) is 1.78. The van der Waals surface area contributed by atoms with Crippen molar-refractivity contribution < 1.29 is 13.9 Å². The Morgan fingerprint density at radius 3 is 2.65 bits per heavy atom. The van der Waals surface area contributed by atoms with Crippen molar-refractivity contribution in [1.29, 1.82) is 0 Å². The molecule has 5 nitrogen and oxygen atoms in total. The summed E-state index contributed by atoms with van der Waals surface area (Å²) < 4.78 is 11.1. The minimum absolute atomic E-state index is 0.119. The maximum Gasteiger partial charge on any atom is 0.317 e. The summed E-state index contributed by atoms with van der Waals surface area (Å²) in [5, 5.41) is 2.92. The van der Waals surface area contributed by atoms with Gasteiger partial charge >= 0.3 is 6.03 Å². The fourth-order valence-corrected chi connectivity index (χ4v) is 2.16. The van der Waals surface area contributed by atoms with Crippen molar-refractivity contribution in [1.82, 2.24) is 10.2 Å². The molecular formula is C18H24N2O3. The van der Waals surface area contributed by atoms with Crippen LogP contribution in [0.2, 0.25) is 0 Å². The number of amides is 2. The molecule has 0 aliphatic rings. The van der Waals surface area contributed by atoms with Gasteiger partial charge in [-0.1, -0.05) is 18.2 Å². The molecule has 124 valence electrons. The van der Waals surface area contributed by atoms with Crippen molar-refractivity contribution in [3.63, 3.8) is 0 Å². The van der Waals surface area contributed by atoms with Crippen LogP contribution in [0.4, 0.5) is 4.79 Å². The van der Waals surface area contributed by atoms with Gasteiger partial charge in [0.2, 0.25) is 0 Å². The molecule has 0 radical (unpaired) electrons. The van der Waals surface area contributed by atoms with E-state index >= 15 is 0 Å². The lowest BCUT2D eigenvalue weighted by molar-refractivity contribution is 0.198. The zero-order chi connectivity index (χ0) is 16.7. The Balaban J connectivity index is 1.68. The Hall–Kier alpha value is -2.43. The van der Waals surface area contributed by atoms with Crippen molar-refractivity contribution in [2.75, 3.05) is 20.2 Å². The zero-order valence-electron chi connectivity index (χ0n) is 13.9. The minimum Gasteiger partial charge on any atom is -0.494 e. The molecule has 1 N–H and O–H groups in total. The van der Waals surface area contributed by atoms with Gasteiger partial charge in [0.15, 0.2) is 0 Å². The third-order valence-electron chi connectivity index (χ3n) is 3.52. The lowest BCUT2D eigenvalue weighted by atomic mass is 10.2. The largest absolute Gasteiger partial charge is 0.494 e. The normalized spacial score (nSPS) is 11.8. The number of benzene rings is 1. The smallest absolute Gasteiger partial charge is 0.317 e. The fraction of sp³-hybridized carbons (Fsp3) is 0.389. The molecule has 2 amide bonds. The van der Waals surface area contributed by atoms with E-state index in [0.29, 0.717) is 13.2 Å². The Bertz CT molecular complexity index is 610. The third-order valence-corrected chi connectivity index (χ3v) is 3.52. The summed E-state index contributed by atoms with van der Waals surface area (Å²) in [5.41, 5.74) is 0. The molecule has 23 heavy (non-hydrogen) atoms. The summed E-state index contributed by atoms with van der Waals surface area (Å²) >= 11 is 0. The van der Waals surface area contributed by atoms with Crippen LogP contribution in [0.5, 0.6) is 5.75 Å². The molecule has 1 atom stereocenters. The number of aryl methyl sites for hydroxylation is 1. The molecule has 0 aliphatic heterocycles. The first-order chi connectivity index (χ1) is 11.1. The van der Waals surface area contributed by atoms with Crippen molar-refractivity contribution >= 4 is 6.03 Å². The number of hydrogen-bond acceptors (Lipinski definition) is 3. The van der Waals surface area contributed by atoms with E-state index in [1.807, 2.05) is 56.3 Å². The Kier molecular flexibility index (Phi) is 6.09. The van der Waals surface area contributed by atoms with Gasteiger partial charge in [0.1, 0.15) is 17.3 Å². The van der Waals surface area contributed by atoms with Crippen LogP contribution in [0.1, 0.15) is 30.9 Å². The first-order valence-electron chi connectivity index (χ1n) is 7.82. The highest BCUT2D eigenvalue weighted by Crippen LogP contribution is 2.15.